The van der Waals surface area contributed by atoms with Gasteiger partial charge in [0.2, 0.25) is 0 Å². The predicted octanol–water partition coefficient (Wildman–Crippen LogP) is 3.74. The van der Waals surface area contributed by atoms with Crippen molar-refractivity contribution < 1.29 is 9.59 Å². The average molecular weight is 297 g/mol. The summed E-state index contributed by atoms with van der Waals surface area (Å²) >= 11 is 1.63. The number of amides is 1. The quantitative estimate of drug-likeness (QED) is 0.809. The van der Waals surface area contributed by atoms with Gasteiger partial charge in [0.1, 0.15) is 0 Å². The van der Waals surface area contributed by atoms with Gasteiger partial charge >= 0.3 is 0 Å². The lowest BCUT2D eigenvalue weighted by Gasteiger charge is -2.15. The number of hydrogen-bond donors (Lipinski definition) is 0. The minimum Gasteiger partial charge on any atom is -0.300 e. The average Bonchev–Trinajstić information content (AvgIpc) is 2.92. The van der Waals surface area contributed by atoms with Gasteiger partial charge in [-0.15, -0.1) is 11.3 Å². The van der Waals surface area contributed by atoms with Gasteiger partial charge in [-0.25, -0.2) is 0 Å². The molecule has 1 aromatic carbocycles. The Morgan fingerprint density at radius 1 is 1.24 bits per heavy atom. The Bertz CT molecular complexity index is 773. The third-order valence-corrected chi connectivity index (χ3v) is 4.72. The van der Waals surface area contributed by atoms with Crippen molar-refractivity contribution in [1.29, 1.82) is 0 Å². The van der Waals surface area contributed by atoms with Gasteiger partial charge in [-0.3, -0.25) is 14.5 Å². The fourth-order valence-corrected chi connectivity index (χ4v) is 3.60. The summed E-state index contributed by atoms with van der Waals surface area (Å²) in [7, 11) is 0. The van der Waals surface area contributed by atoms with Crippen LogP contribution in [0.1, 0.15) is 31.2 Å². The van der Waals surface area contributed by atoms with Crippen LogP contribution in [0.3, 0.4) is 0 Å². The molecular formula is C17H15NO2S. The number of Topliss-reactive ketones (excluding diaryl/α,β-unsaturated/α-hetero) is 1. The summed E-state index contributed by atoms with van der Waals surface area (Å²) in [6.07, 6.45) is 1.81. The molecule has 3 nitrogen and oxygen atoms in total. The second kappa shape index (κ2) is 4.97. The van der Waals surface area contributed by atoms with E-state index in [4.69, 9.17) is 0 Å². The van der Waals surface area contributed by atoms with Crippen molar-refractivity contribution in [2.24, 2.45) is 0 Å². The maximum atomic E-state index is 12.2. The molecule has 0 saturated heterocycles. The van der Waals surface area contributed by atoms with E-state index in [1.807, 2.05) is 38.1 Å². The van der Waals surface area contributed by atoms with Crippen LogP contribution in [0.4, 0.5) is 5.69 Å². The number of aryl methyl sites for hydroxylation is 2. The Kier molecular flexibility index (Phi) is 3.26. The number of anilines is 1. The molecule has 3 rings (SSSR count). The topological polar surface area (TPSA) is 37.4 Å². The predicted molar refractivity (Wildman–Crippen MR) is 85.8 cm³/mol. The van der Waals surface area contributed by atoms with Gasteiger partial charge in [-0.2, -0.15) is 0 Å². The fraction of sp³-hybridized carbons (Fsp3) is 0.176. The summed E-state index contributed by atoms with van der Waals surface area (Å²) in [6.45, 7) is 8.16. The van der Waals surface area contributed by atoms with E-state index >= 15 is 0 Å². The van der Waals surface area contributed by atoms with Gasteiger partial charge in [-0.1, -0.05) is 24.3 Å². The summed E-state index contributed by atoms with van der Waals surface area (Å²) < 4.78 is 0. The van der Waals surface area contributed by atoms with Crippen molar-refractivity contribution in [1.82, 2.24) is 0 Å². The van der Waals surface area contributed by atoms with Gasteiger partial charge in [0, 0.05) is 9.75 Å². The molecule has 2 heterocycles. The Labute approximate surface area is 127 Å². The summed E-state index contributed by atoms with van der Waals surface area (Å²) in [4.78, 5) is 28.1. The van der Waals surface area contributed by atoms with E-state index in [1.54, 1.807) is 22.3 Å². The van der Waals surface area contributed by atoms with Crippen LogP contribution < -0.4 is 4.90 Å². The highest BCUT2D eigenvalue weighted by atomic mass is 32.1. The number of hydrogen-bond acceptors (Lipinski definition) is 3. The lowest BCUT2D eigenvalue weighted by atomic mass is 10.1. The number of fused-ring (bicyclic) bond motifs is 1. The van der Waals surface area contributed by atoms with Crippen molar-refractivity contribution >= 4 is 34.8 Å². The molecule has 0 spiro atoms. The molecule has 21 heavy (non-hydrogen) atoms. The number of carbonyl (C=O) groups excluding carboxylic acids is 2. The molecule has 0 fully saturated rings. The summed E-state index contributed by atoms with van der Waals surface area (Å²) in [5, 5.41) is 0. The van der Waals surface area contributed by atoms with Crippen LogP contribution in [-0.4, -0.2) is 11.7 Å². The van der Waals surface area contributed by atoms with Crippen LogP contribution in [0.25, 0.3) is 6.08 Å². The van der Waals surface area contributed by atoms with Gasteiger partial charge in [-0.05, 0) is 37.6 Å². The summed E-state index contributed by atoms with van der Waals surface area (Å²) in [6, 6.07) is 7.58. The minimum atomic E-state index is -0.443. The molecule has 0 unspecified atom stereocenters. The highest BCUT2D eigenvalue weighted by Crippen LogP contribution is 2.33. The summed E-state index contributed by atoms with van der Waals surface area (Å²) in [5.74, 6) is -0.854. The lowest BCUT2D eigenvalue weighted by Crippen LogP contribution is -2.28. The monoisotopic (exact) mass is 297 g/mol. The standard InChI is InChI=1S/C17H15NO2S/c1-4-12-8-13(21-11(12)3)9-18-15-6-5-10(2)7-14(15)16(19)17(18)20/h4-8H,1,9H2,2-3H3. The third kappa shape index (κ3) is 2.21. The third-order valence-electron chi connectivity index (χ3n) is 3.67. The van der Waals surface area contributed by atoms with Crippen molar-refractivity contribution in [2.45, 2.75) is 20.4 Å². The van der Waals surface area contributed by atoms with Crippen molar-refractivity contribution in [3.05, 3.63) is 57.3 Å². The number of ketones is 1. The Morgan fingerprint density at radius 2 is 2.00 bits per heavy atom. The molecule has 2 aromatic rings. The molecule has 1 aliphatic heterocycles. The molecule has 106 valence electrons. The smallest absolute Gasteiger partial charge is 0.299 e. The first-order valence-corrected chi connectivity index (χ1v) is 7.51. The lowest BCUT2D eigenvalue weighted by molar-refractivity contribution is -0.114. The second-order valence-electron chi connectivity index (χ2n) is 5.17. The summed E-state index contributed by atoms with van der Waals surface area (Å²) in [5.41, 5.74) is 3.29. The van der Waals surface area contributed by atoms with Crippen LogP contribution in [0.15, 0.2) is 30.8 Å². The maximum Gasteiger partial charge on any atom is 0.299 e. The zero-order valence-electron chi connectivity index (χ0n) is 12.0. The zero-order valence-corrected chi connectivity index (χ0v) is 12.8. The molecular weight excluding hydrogens is 282 g/mol. The van der Waals surface area contributed by atoms with Crippen LogP contribution in [0, 0.1) is 13.8 Å². The van der Waals surface area contributed by atoms with E-state index in [0.717, 1.165) is 16.0 Å². The largest absolute Gasteiger partial charge is 0.300 e. The Balaban J connectivity index is 1.98. The number of rotatable bonds is 3. The first-order valence-electron chi connectivity index (χ1n) is 6.70. The zero-order chi connectivity index (χ0) is 15.1. The number of carbonyl (C=O) groups is 2. The van der Waals surface area contributed by atoms with Gasteiger partial charge in [0.15, 0.2) is 0 Å². The molecule has 0 bridgehead atoms. The number of thiophene rings is 1. The molecule has 1 aliphatic rings. The van der Waals surface area contributed by atoms with E-state index < -0.39 is 11.7 Å². The Morgan fingerprint density at radius 3 is 2.67 bits per heavy atom. The number of nitrogens with zero attached hydrogens (tertiary/aromatic N) is 1. The van der Waals surface area contributed by atoms with E-state index in [1.165, 1.54) is 4.88 Å². The van der Waals surface area contributed by atoms with Crippen molar-refractivity contribution in [3.63, 3.8) is 0 Å². The van der Waals surface area contributed by atoms with E-state index in [-0.39, 0.29) is 0 Å². The molecule has 1 aromatic heterocycles. The molecule has 0 aliphatic carbocycles. The van der Waals surface area contributed by atoms with Gasteiger partial charge in [0.05, 0.1) is 17.8 Å². The van der Waals surface area contributed by atoms with Crippen molar-refractivity contribution in [3.8, 4) is 0 Å². The van der Waals surface area contributed by atoms with Crippen LogP contribution in [0.5, 0.6) is 0 Å². The Hall–Kier alpha value is -2.20. The van der Waals surface area contributed by atoms with E-state index in [0.29, 0.717) is 17.8 Å². The maximum absolute atomic E-state index is 12.2. The SMILES string of the molecule is C=Cc1cc(CN2C(=O)C(=O)c3cc(C)ccc32)sc1C. The number of benzene rings is 1. The van der Waals surface area contributed by atoms with Gasteiger partial charge < -0.3 is 0 Å². The molecule has 1 amide bonds. The van der Waals surface area contributed by atoms with Crippen LogP contribution in [0.2, 0.25) is 0 Å². The van der Waals surface area contributed by atoms with E-state index in [2.05, 4.69) is 6.58 Å². The van der Waals surface area contributed by atoms with Crippen molar-refractivity contribution in [2.75, 3.05) is 4.90 Å². The van der Waals surface area contributed by atoms with Crippen LogP contribution >= 0.6 is 11.3 Å². The molecule has 0 atom stereocenters. The minimum absolute atomic E-state index is 0.411. The highest BCUT2D eigenvalue weighted by Gasteiger charge is 2.35. The van der Waals surface area contributed by atoms with Gasteiger partial charge in [0.25, 0.3) is 11.7 Å². The molecule has 0 N–H and O–H groups in total. The molecule has 0 saturated carbocycles. The second-order valence-corrected chi connectivity index (χ2v) is 6.51. The highest BCUT2D eigenvalue weighted by molar-refractivity contribution is 7.12. The normalized spacial score (nSPS) is 13.7. The fourth-order valence-electron chi connectivity index (χ4n) is 2.57. The molecule has 0 radical (unpaired) electrons. The van der Waals surface area contributed by atoms with Crippen LogP contribution in [-0.2, 0) is 11.3 Å². The first-order chi connectivity index (χ1) is 10.0. The van der Waals surface area contributed by atoms with E-state index in [9.17, 15) is 9.59 Å². The first kappa shape index (κ1) is 13.8. The molecule has 4 heteroatoms.